The molecule has 16 heavy (non-hydrogen) atoms. The van der Waals surface area contributed by atoms with Gasteiger partial charge in [-0.15, -0.1) is 0 Å². The van der Waals surface area contributed by atoms with Gasteiger partial charge in [-0.25, -0.2) is 0 Å². The monoisotopic (exact) mass is 240 g/mol. The second-order valence-electron chi connectivity index (χ2n) is 4.35. The summed E-state index contributed by atoms with van der Waals surface area (Å²) in [5.41, 5.74) is 7.76. The molecule has 0 aliphatic carbocycles. The highest BCUT2D eigenvalue weighted by molar-refractivity contribution is 6.30. The maximum absolute atomic E-state index is 9.42. The van der Waals surface area contributed by atoms with E-state index < -0.39 is 0 Å². The third-order valence-electron chi connectivity index (χ3n) is 3.06. The number of nitrogens with two attached hydrogens (primary N) is 1. The second kappa shape index (κ2) is 5.04. The van der Waals surface area contributed by atoms with Crippen molar-refractivity contribution in [3.63, 3.8) is 0 Å². The largest absolute Gasteiger partial charge is 0.398 e. The average Bonchev–Trinajstić information content (AvgIpc) is 2.27. The first-order chi connectivity index (χ1) is 7.65. The molecule has 0 amide bonds. The van der Waals surface area contributed by atoms with E-state index in [4.69, 9.17) is 17.3 Å². The number of piperidine rings is 1. The lowest BCUT2D eigenvalue weighted by molar-refractivity contribution is 0.0793. The van der Waals surface area contributed by atoms with Crippen LogP contribution in [0.5, 0.6) is 0 Å². The van der Waals surface area contributed by atoms with Crippen molar-refractivity contribution in [3.05, 3.63) is 28.8 Å². The lowest BCUT2D eigenvalue weighted by Crippen LogP contribution is -2.35. The van der Waals surface area contributed by atoms with Crippen LogP contribution in [0.3, 0.4) is 0 Å². The number of nitrogen functional groups attached to an aromatic ring is 1. The summed E-state index contributed by atoms with van der Waals surface area (Å²) in [6.07, 6.45) is 1.56. The zero-order valence-electron chi connectivity index (χ0n) is 9.19. The fourth-order valence-electron chi connectivity index (χ4n) is 2.03. The van der Waals surface area contributed by atoms with Crippen LogP contribution < -0.4 is 5.73 Å². The summed E-state index contributed by atoms with van der Waals surface area (Å²) >= 11 is 5.94. The van der Waals surface area contributed by atoms with Gasteiger partial charge in [0.2, 0.25) is 0 Å². The zero-order valence-corrected chi connectivity index (χ0v) is 9.95. The van der Waals surface area contributed by atoms with E-state index >= 15 is 0 Å². The fourth-order valence-corrected chi connectivity index (χ4v) is 2.22. The van der Waals surface area contributed by atoms with Crippen LogP contribution in [0.25, 0.3) is 0 Å². The number of hydrogen-bond donors (Lipinski definition) is 2. The molecule has 4 heteroatoms. The highest BCUT2D eigenvalue weighted by Gasteiger charge is 2.17. The minimum Gasteiger partial charge on any atom is -0.398 e. The van der Waals surface area contributed by atoms with Gasteiger partial charge < -0.3 is 10.8 Å². The molecule has 1 saturated heterocycles. The summed E-state index contributed by atoms with van der Waals surface area (Å²) in [6, 6.07) is 5.57. The first kappa shape index (κ1) is 11.7. The number of anilines is 1. The number of hydrogen-bond acceptors (Lipinski definition) is 3. The molecule has 2 rings (SSSR count). The van der Waals surface area contributed by atoms with Gasteiger partial charge in [0.15, 0.2) is 0 Å². The first-order valence-corrected chi connectivity index (χ1v) is 5.97. The molecule has 0 bridgehead atoms. The van der Waals surface area contributed by atoms with Crippen LogP contribution in [0.2, 0.25) is 5.02 Å². The molecule has 1 fully saturated rings. The van der Waals surface area contributed by atoms with E-state index in [9.17, 15) is 5.11 Å². The Hall–Kier alpha value is -0.770. The maximum Gasteiger partial charge on any atom is 0.0564 e. The molecule has 88 valence electrons. The Morgan fingerprint density at radius 1 is 1.38 bits per heavy atom. The van der Waals surface area contributed by atoms with Crippen LogP contribution in [0.15, 0.2) is 18.2 Å². The number of aliphatic hydroxyl groups excluding tert-OH is 1. The van der Waals surface area contributed by atoms with Gasteiger partial charge in [0.1, 0.15) is 0 Å². The van der Waals surface area contributed by atoms with E-state index in [-0.39, 0.29) is 6.10 Å². The second-order valence-corrected chi connectivity index (χ2v) is 4.79. The SMILES string of the molecule is Nc1ccc(Cl)cc1CN1CCC(O)CC1. The third-order valence-corrected chi connectivity index (χ3v) is 3.29. The summed E-state index contributed by atoms with van der Waals surface area (Å²) in [4.78, 5) is 2.30. The van der Waals surface area contributed by atoms with Gasteiger partial charge in [0, 0.05) is 30.3 Å². The topological polar surface area (TPSA) is 49.5 Å². The van der Waals surface area contributed by atoms with Crippen molar-refractivity contribution in [2.45, 2.75) is 25.5 Å². The van der Waals surface area contributed by atoms with Crippen LogP contribution in [-0.4, -0.2) is 29.2 Å². The molecule has 0 saturated carbocycles. The van der Waals surface area contributed by atoms with Gasteiger partial charge in [-0.05, 0) is 36.6 Å². The Bertz CT molecular complexity index is 362. The standard InChI is InChI=1S/C12H17ClN2O/c13-10-1-2-12(14)9(7-10)8-15-5-3-11(16)4-6-15/h1-2,7,11,16H,3-6,8,14H2. The molecule has 1 aliphatic rings. The molecule has 1 heterocycles. The molecule has 3 nitrogen and oxygen atoms in total. The molecular weight excluding hydrogens is 224 g/mol. The predicted octanol–water partition coefficient (Wildman–Crippen LogP) is 1.88. The van der Waals surface area contributed by atoms with Crippen LogP contribution in [0.1, 0.15) is 18.4 Å². The molecule has 0 radical (unpaired) electrons. The molecule has 1 aliphatic heterocycles. The number of likely N-dealkylation sites (tertiary alicyclic amines) is 1. The lowest BCUT2D eigenvalue weighted by Gasteiger charge is -2.29. The summed E-state index contributed by atoms with van der Waals surface area (Å²) in [7, 11) is 0. The fraction of sp³-hybridized carbons (Fsp3) is 0.500. The zero-order chi connectivity index (χ0) is 11.5. The summed E-state index contributed by atoms with van der Waals surface area (Å²) < 4.78 is 0. The molecule has 0 aromatic heterocycles. The van der Waals surface area contributed by atoms with E-state index in [1.807, 2.05) is 12.1 Å². The molecule has 1 aromatic rings. The van der Waals surface area contributed by atoms with Crippen molar-refractivity contribution < 1.29 is 5.11 Å². The number of aliphatic hydroxyl groups is 1. The van der Waals surface area contributed by atoms with Crippen molar-refractivity contribution in [2.24, 2.45) is 0 Å². The molecule has 0 unspecified atom stereocenters. The number of nitrogens with zero attached hydrogens (tertiary/aromatic N) is 1. The molecular formula is C12H17ClN2O. The van der Waals surface area contributed by atoms with Gasteiger partial charge in [-0.1, -0.05) is 11.6 Å². The minimum absolute atomic E-state index is 0.132. The predicted molar refractivity (Wildman–Crippen MR) is 66.4 cm³/mol. The minimum atomic E-state index is -0.132. The van der Waals surface area contributed by atoms with Crippen molar-refractivity contribution in [3.8, 4) is 0 Å². The lowest BCUT2D eigenvalue weighted by atomic mass is 10.1. The molecule has 0 spiro atoms. The quantitative estimate of drug-likeness (QED) is 0.776. The summed E-state index contributed by atoms with van der Waals surface area (Å²) in [5.74, 6) is 0. The Labute approximate surface area is 101 Å². The van der Waals surface area contributed by atoms with Crippen molar-refractivity contribution in [1.82, 2.24) is 4.90 Å². The molecule has 1 aromatic carbocycles. The van der Waals surface area contributed by atoms with Crippen LogP contribution in [0.4, 0.5) is 5.69 Å². The van der Waals surface area contributed by atoms with E-state index in [2.05, 4.69) is 4.90 Å². The van der Waals surface area contributed by atoms with Crippen LogP contribution in [-0.2, 0) is 6.54 Å². The Morgan fingerprint density at radius 3 is 2.75 bits per heavy atom. The van der Waals surface area contributed by atoms with Gasteiger partial charge >= 0.3 is 0 Å². The van der Waals surface area contributed by atoms with Crippen molar-refractivity contribution >= 4 is 17.3 Å². The molecule has 3 N–H and O–H groups in total. The Morgan fingerprint density at radius 2 is 2.06 bits per heavy atom. The first-order valence-electron chi connectivity index (χ1n) is 5.59. The van der Waals surface area contributed by atoms with Crippen LogP contribution >= 0.6 is 11.6 Å². The molecule has 0 atom stereocenters. The van der Waals surface area contributed by atoms with Crippen molar-refractivity contribution in [2.75, 3.05) is 18.8 Å². The Balaban J connectivity index is 2.00. The van der Waals surface area contributed by atoms with Gasteiger partial charge in [0.25, 0.3) is 0 Å². The maximum atomic E-state index is 9.42. The smallest absolute Gasteiger partial charge is 0.0564 e. The van der Waals surface area contributed by atoms with E-state index in [0.29, 0.717) is 0 Å². The van der Waals surface area contributed by atoms with Crippen molar-refractivity contribution in [1.29, 1.82) is 0 Å². The number of halogens is 1. The van der Waals surface area contributed by atoms with Gasteiger partial charge in [-0.3, -0.25) is 4.90 Å². The average molecular weight is 241 g/mol. The third kappa shape index (κ3) is 2.88. The summed E-state index contributed by atoms with van der Waals surface area (Å²) in [5, 5.41) is 10.1. The van der Waals surface area contributed by atoms with Gasteiger partial charge in [0.05, 0.1) is 6.10 Å². The highest BCUT2D eigenvalue weighted by Crippen LogP contribution is 2.21. The van der Waals surface area contributed by atoms with Gasteiger partial charge in [-0.2, -0.15) is 0 Å². The van der Waals surface area contributed by atoms with E-state index in [1.54, 1.807) is 6.07 Å². The van der Waals surface area contributed by atoms with E-state index in [1.165, 1.54) is 0 Å². The summed E-state index contributed by atoms with van der Waals surface area (Å²) in [6.45, 7) is 2.67. The number of benzene rings is 1. The van der Waals surface area contributed by atoms with E-state index in [0.717, 1.165) is 48.7 Å². The number of rotatable bonds is 2. The normalized spacial score (nSPS) is 18.9. The van der Waals surface area contributed by atoms with Crippen LogP contribution in [0, 0.1) is 0 Å². The highest BCUT2D eigenvalue weighted by atomic mass is 35.5. The Kier molecular flexibility index (Phi) is 3.69.